The van der Waals surface area contributed by atoms with Crippen LogP contribution in [0.25, 0.3) is 10.8 Å². The van der Waals surface area contributed by atoms with Crippen LogP contribution in [0.4, 0.5) is 0 Å². The third-order valence-corrected chi connectivity index (χ3v) is 8.88. The van der Waals surface area contributed by atoms with Crippen molar-refractivity contribution in [1.82, 2.24) is 0 Å². The maximum atomic E-state index is 12.6. The van der Waals surface area contributed by atoms with Gasteiger partial charge >= 0.3 is 0 Å². The van der Waals surface area contributed by atoms with Gasteiger partial charge in [-0.1, -0.05) is 172 Å². The molecule has 2 aromatic rings. The van der Waals surface area contributed by atoms with Crippen LogP contribution in [0.15, 0.2) is 47.4 Å². The summed E-state index contributed by atoms with van der Waals surface area (Å²) in [4.78, 5) is 0.272. The van der Waals surface area contributed by atoms with Crippen LogP contribution >= 0.6 is 0 Å². The van der Waals surface area contributed by atoms with Gasteiger partial charge in [0.2, 0.25) is 0 Å². The largest absolute Gasteiger partial charge is 0.297 e. The molecular weight excluding hydrogens is 499 g/mol. The second-order valence-corrected chi connectivity index (χ2v) is 12.4. The van der Waals surface area contributed by atoms with E-state index in [1.165, 1.54) is 116 Å². The van der Waals surface area contributed by atoms with Crippen molar-refractivity contribution in [3.63, 3.8) is 0 Å². The van der Waals surface area contributed by atoms with Crippen molar-refractivity contribution in [1.29, 1.82) is 0 Å². The standard InChI is InChI=1S/C33H54O3S.Na/c1-2-3-4-5-6-7-8-9-10-11-12-13-14-15-16-17-18-19-20-21-24-30-36-37(34,35)33-29-25-27-31-26-22-23-28-32(31)33;/h22-23,25-29H,2-21,24,30H2,1H3;. The fraction of sp³-hybridized carbons (Fsp3) is 0.697. The van der Waals surface area contributed by atoms with Gasteiger partial charge in [-0.25, -0.2) is 0 Å². The fourth-order valence-corrected chi connectivity index (χ4v) is 6.34. The molecule has 0 atom stereocenters. The minimum Gasteiger partial charge on any atom is -0.266 e. The van der Waals surface area contributed by atoms with Crippen LogP contribution < -0.4 is 0 Å². The summed E-state index contributed by atoms with van der Waals surface area (Å²) < 4.78 is 30.6. The molecule has 0 N–H and O–H groups in total. The van der Waals surface area contributed by atoms with E-state index in [0.29, 0.717) is 0 Å². The molecule has 0 bridgehead atoms. The van der Waals surface area contributed by atoms with Crippen LogP contribution in [-0.4, -0.2) is 44.6 Å². The first-order valence-corrected chi connectivity index (χ1v) is 16.9. The quantitative estimate of drug-likeness (QED) is 0.0737. The maximum Gasteiger partial charge on any atom is 0.297 e. The van der Waals surface area contributed by atoms with Crippen molar-refractivity contribution in [2.45, 2.75) is 147 Å². The summed E-state index contributed by atoms with van der Waals surface area (Å²) in [6.45, 7) is 2.56. The molecule has 0 heterocycles. The average Bonchev–Trinajstić information content (AvgIpc) is 2.91. The molecule has 0 saturated heterocycles. The predicted molar refractivity (Wildman–Crippen MR) is 165 cm³/mol. The van der Waals surface area contributed by atoms with Gasteiger partial charge < -0.3 is 0 Å². The van der Waals surface area contributed by atoms with Crippen molar-refractivity contribution in [2.75, 3.05) is 6.61 Å². The number of unbranched alkanes of at least 4 members (excludes halogenated alkanes) is 20. The molecule has 0 aliphatic rings. The molecule has 211 valence electrons. The van der Waals surface area contributed by atoms with E-state index in [9.17, 15) is 8.42 Å². The Bertz CT molecular complexity index is 923. The minimum atomic E-state index is -3.71. The van der Waals surface area contributed by atoms with Crippen molar-refractivity contribution in [3.8, 4) is 0 Å². The third-order valence-electron chi connectivity index (χ3n) is 7.51. The van der Waals surface area contributed by atoms with E-state index in [4.69, 9.17) is 4.18 Å². The zero-order valence-electron chi connectivity index (χ0n) is 24.7. The summed E-state index contributed by atoms with van der Waals surface area (Å²) in [5, 5.41) is 1.64. The Morgan fingerprint density at radius 1 is 0.526 bits per heavy atom. The molecule has 1 radical (unpaired) electrons. The molecule has 2 rings (SSSR count). The van der Waals surface area contributed by atoms with Gasteiger partial charge in [-0.15, -0.1) is 0 Å². The summed E-state index contributed by atoms with van der Waals surface area (Å²) in [5.41, 5.74) is 0. The second-order valence-electron chi connectivity index (χ2n) is 10.8. The number of benzene rings is 2. The van der Waals surface area contributed by atoms with Crippen LogP contribution in [0.3, 0.4) is 0 Å². The van der Waals surface area contributed by atoms with Gasteiger partial charge in [-0.2, -0.15) is 8.42 Å². The number of hydrogen-bond donors (Lipinski definition) is 0. The van der Waals surface area contributed by atoms with Crippen LogP contribution in [0, 0.1) is 0 Å². The first-order valence-electron chi connectivity index (χ1n) is 15.5. The van der Waals surface area contributed by atoms with E-state index in [2.05, 4.69) is 6.92 Å². The Morgan fingerprint density at radius 3 is 1.39 bits per heavy atom. The maximum absolute atomic E-state index is 12.6. The number of rotatable bonds is 24. The molecule has 0 aliphatic carbocycles. The summed E-state index contributed by atoms with van der Waals surface area (Å²) in [5.74, 6) is 0. The first-order chi connectivity index (χ1) is 18.1. The molecular formula is C33H54NaO3S. The smallest absolute Gasteiger partial charge is 0.266 e. The first kappa shape index (κ1) is 35.6. The predicted octanol–water partition coefficient (Wildman–Crippen LogP) is 10.4. The Kier molecular flexibility index (Phi) is 21.9. The molecule has 0 fully saturated rings. The molecule has 2 aromatic carbocycles. The van der Waals surface area contributed by atoms with Crippen LogP contribution in [-0.2, 0) is 14.3 Å². The minimum absolute atomic E-state index is 0. The van der Waals surface area contributed by atoms with Gasteiger partial charge in [0.1, 0.15) is 4.90 Å². The van der Waals surface area contributed by atoms with E-state index in [-0.39, 0.29) is 41.1 Å². The molecule has 0 amide bonds. The Balaban J connectivity index is 0.00000722. The normalized spacial score (nSPS) is 11.6. The SMILES string of the molecule is CCCCCCCCCCCCCCCCCCCCCCCOS(=O)(=O)c1cccc2ccccc12.[Na]. The zero-order valence-corrected chi connectivity index (χ0v) is 27.5. The molecule has 3 nitrogen and oxygen atoms in total. The van der Waals surface area contributed by atoms with E-state index in [1.807, 2.05) is 30.3 Å². The Morgan fingerprint density at radius 2 is 0.921 bits per heavy atom. The van der Waals surface area contributed by atoms with Gasteiger partial charge in [0.25, 0.3) is 10.1 Å². The third kappa shape index (κ3) is 16.0. The van der Waals surface area contributed by atoms with E-state index in [1.54, 1.807) is 12.1 Å². The molecule has 0 spiro atoms. The topological polar surface area (TPSA) is 43.4 Å². The summed E-state index contributed by atoms with van der Waals surface area (Å²) in [6.07, 6.45) is 28.2. The van der Waals surface area contributed by atoms with Crippen molar-refractivity contribution >= 4 is 50.4 Å². The monoisotopic (exact) mass is 553 g/mol. The molecule has 38 heavy (non-hydrogen) atoms. The van der Waals surface area contributed by atoms with Gasteiger partial charge in [-0.05, 0) is 17.9 Å². The van der Waals surface area contributed by atoms with E-state index in [0.717, 1.165) is 30.0 Å². The molecule has 5 heteroatoms. The second kappa shape index (κ2) is 23.3. The fourth-order valence-electron chi connectivity index (χ4n) is 5.18. The summed E-state index contributed by atoms with van der Waals surface area (Å²) in [7, 11) is -3.71. The van der Waals surface area contributed by atoms with Crippen LogP contribution in [0.2, 0.25) is 0 Å². The van der Waals surface area contributed by atoms with E-state index >= 15 is 0 Å². The van der Waals surface area contributed by atoms with Gasteiger partial charge in [0, 0.05) is 34.9 Å². The molecule has 0 aromatic heterocycles. The van der Waals surface area contributed by atoms with E-state index < -0.39 is 10.1 Å². The van der Waals surface area contributed by atoms with Crippen LogP contribution in [0.1, 0.15) is 142 Å². The zero-order chi connectivity index (χ0) is 26.4. The van der Waals surface area contributed by atoms with Gasteiger partial charge in [0.15, 0.2) is 0 Å². The molecule has 0 saturated carbocycles. The molecule has 0 aliphatic heterocycles. The average molecular weight is 554 g/mol. The van der Waals surface area contributed by atoms with Crippen molar-refractivity contribution in [2.24, 2.45) is 0 Å². The van der Waals surface area contributed by atoms with Crippen molar-refractivity contribution in [3.05, 3.63) is 42.5 Å². The Labute approximate surface area is 257 Å². The molecule has 0 unspecified atom stereocenters. The van der Waals surface area contributed by atoms with Crippen LogP contribution in [0.5, 0.6) is 0 Å². The summed E-state index contributed by atoms with van der Waals surface area (Å²) >= 11 is 0. The van der Waals surface area contributed by atoms with Crippen molar-refractivity contribution < 1.29 is 12.6 Å². The van der Waals surface area contributed by atoms with Gasteiger partial charge in [-0.3, -0.25) is 4.18 Å². The number of fused-ring (bicyclic) bond motifs is 1. The Hall–Kier alpha value is -0.390. The van der Waals surface area contributed by atoms with Gasteiger partial charge in [0.05, 0.1) is 6.61 Å². The number of hydrogen-bond acceptors (Lipinski definition) is 3. The summed E-state index contributed by atoms with van der Waals surface area (Å²) in [6, 6.07) is 12.9.